The van der Waals surface area contributed by atoms with Crippen molar-refractivity contribution in [3.05, 3.63) is 77.0 Å². The van der Waals surface area contributed by atoms with E-state index in [1.165, 1.54) is 16.7 Å². The Bertz CT molecular complexity index is 1120. The molecule has 0 radical (unpaired) electrons. The van der Waals surface area contributed by atoms with Crippen molar-refractivity contribution < 1.29 is 4.79 Å². The highest BCUT2D eigenvalue weighted by atomic mass is 16.2. The van der Waals surface area contributed by atoms with E-state index in [1.807, 2.05) is 17.0 Å². The summed E-state index contributed by atoms with van der Waals surface area (Å²) in [4.78, 5) is 14.8. The fourth-order valence-corrected chi connectivity index (χ4v) is 4.35. The first-order valence-electron chi connectivity index (χ1n) is 12.0. The number of unbranched alkanes of at least 4 members (excludes halogenated alkanes) is 1. The molecule has 33 heavy (non-hydrogen) atoms. The highest BCUT2D eigenvalue weighted by Crippen LogP contribution is 2.30. The molecule has 3 aromatic rings. The van der Waals surface area contributed by atoms with Gasteiger partial charge in [0, 0.05) is 36.5 Å². The molecule has 0 aliphatic heterocycles. The molecule has 0 saturated heterocycles. The zero-order chi connectivity index (χ0) is 23.8. The van der Waals surface area contributed by atoms with Crippen LogP contribution in [0.4, 0.5) is 0 Å². The van der Waals surface area contributed by atoms with Crippen molar-refractivity contribution in [3.8, 4) is 23.0 Å². The third-order valence-corrected chi connectivity index (χ3v) is 6.21. The Morgan fingerprint density at radius 3 is 2.42 bits per heavy atom. The Hall–Kier alpha value is -3.32. The van der Waals surface area contributed by atoms with Gasteiger partial charge in [0.1, 0.15) is 0 Å². The molecular formula is C29H35N3O. The van der Waals surface area contributed by atoms with Gasteiger partial charge in [0.2, 0.25) is 5.91 Å². The van der Waals surface area contributed by atoms with Crippen molar-refractivity contribution in [2.24, 2.45) is 0 Å². The van der Waals surface area contributed by atoms with Gasteiger partial charge in [-0.05, 0) is 69.0 Å². The molecule has 4 nitrogen and oxygen atoms in total. The van der Waals surface area contributed by atoms with Crippen LogP contribution in [0.25, 0.3) is 16.9 Å². The van der Waals surface area contributed by atoms with Crippen LogP contribution in [0, 0.1) is 25.2 Å². The van der Waals surface area contributed by atoms with E-state index in [2.05, 4.69) is 80.8 Å². The van der Waals surface area contributed by atoms with Crippen molar-refractivity contribution in [1.82, 2.24) is 9.47 Å². The largest absolute Gasteiger partial charge is 0.343 e. The number of hydrogen-bond acceptors (Lipinski definition) is 2. The summed E-state index contributed by atoms with van der Waals surface area (Å²) in [6.45, 7) is 10.1. The van der Waals surface area contributed by atoms with Gasteiger partial charge >= 0.3 is 0 Å². The minimum atomic E-state index is 0.219. The lowest BCUT2D eigenvalue weighted by Gasteiger charge is -2.21. The molecule has 0 aliphatic carbocycles. The maximum absolute atomic E-state index is 12.9. The molecule has 1 heterocycles. The van der Waals surface area contributed by atoms with Gasteiger partial charge in [0.25, 0.3) is 0 Å². The van der Waals surface area contributed by atoms with Crippen molar-refractivity contribution in [2.75, 3.05) is 13.1 Å². The fraction of sp³-hybridized carbons (Fsp3) is 0.379. The van der Waals surface area contributed by atoms with E-state index in [9.17, 15) is 4.79 Å². The van der Waals surface area contributed by atoms with Crippen LogP contribution in [0.1, 0.15) is 55.5 Å². The van der Waals surface area contributed by atoms with Crippen LogP contribution >= 0.6 is 0 Å². The topological polar surface area (TPSA) is 49.0 Å². The highest BCUT2D eigenvalue weighted by molar-refractivity contribution is 5.76. The molecule has 0 spiro atoms. The second-order valence-electron chi connectivity index (χ2n) is 8.69. The van der Waals surface area contributed by atoms with Crippen LogP contribution in [0.3, 0.4) is 0 Å². The molecule has 0 atom stereocenters. The molecule has 1 amide bonds. The molecule has 172 valence electrons. The molecule has 1 aromatic heterocycles. The molecular weight excluding hydrogens is 406 g/mol. The predicted octanol–water partition coefficient (Wildman–Crippen LogP) is 6.41. The standard InChI is InChI=1S/C29H35N3O/c1-5-7-20-31(6-2)29(33)17-14-26-13-16-28(27-15-8-22(3)21-23(27)4)32(26)25-11-9-24(10-12-25)18-19-30/h8-13,15-16,21H,5-7,14,17-18,20H2,1-4H3. The zero-order valence-corrected chi connectivity index (χ0v) is 20.4. The van der Waals surface area contributed by atoms with E-state index in [1.54, 1.807) is 0 Å². The van der Waals surface area contributed by atoms with Crippen molar-refractivity contribution in [1.29, 1.82) is 5.26 Å². The lowest BCUT2D eigenvalue weighted by atomic mass is 10.0. The van der Waals surface area contributed by atoms with E-state index in [4.69, 9.17) is 5.26 Å². The second kappa shape index (κ2) is 11.5. The molecule has 0 saturated carbocycles. The normalized spacial score (nSPS) is 10.8. The van der Waals surface area contributed by atoms with Gasteiger partial charge in [-0.1, -0.05) is 49.2 Å². The molecule has 0 bridgehead atoms. The molecule has 0 unspecified atom stereocenters. The SMILES string of the molecule is CCCCN(CC)C(=O)CCc1ccc(-c2ccc(C)cc2C)n1-c1ccc(CC#N)cc1. The van der Waals surface area contributed by atoms with Gasteiger partial charge in [-0.3, -0.25) is 4.79 Å². The number of benzene rings is 2. The third-order valence-electron chi connectivity index (χ3n) is 6.21. The first-order valence-corrected chi connectivity index (χ1v) is 12.0. The number of carbonyl (C=O) groups excluding carboxylic acids is 1. The number of hydrogen-bond donors (Lipinski definition) is 0. The van der Waals surface area contributed by atoms with Gasteiger partial charge in [0.15, 0.2) is 0 Å². The van der Waals surface area contributed by atoms with Gasteiger partial charge in [-0.2, -0.15) is 5.26 Å². The van der Waals surface area contributed by atoms with E-state index in [-0.39, 0.29) is 5.91 Å². The van der Waals surface area contributed by atoms with Crippen LogP contribution in [0.2, 0.25) is 0 Å². The van der Waals surface area contributed by atoms with Gasteiger partial charge in [-0.25, -0.2) is 0 Å². The number of carbonyl (C=O) groups is 1. The number of aromatic nitrogens is 1. The van der Waals surface area contributed by atoms with Crippen molar-refractivity contribution >= 4 is 5.91 Å². The Balaban J connectivity index is 1.96. The quantitative estimate of drug-likeness (QED) is 0.365. The van der Waals surface area contributed by atoms with E-state index in [0.29, 0.717) is 19.3 Å². The molecule has 0 aliphatic rings. The summed E-state index contributed by atoms with van der Waals surface area (Å²) >= 11 is 0. The maximum atomic E-state index is 12.9. The summed E-state index contributed by atoms with van der Waals surface area (Å²) in [6, 6.07) is 21.2. The number of nitrogens with zero attached hydrogens (tertiary/aromatic N) is 3. The Morgan fingerprint density at radius 1 is 1.03 bits per heavy atom. The maximum Gasteiger partial charge on any atom is 0.222 e. The van der Waals surface area contributed by atoms with Crippen LogP contribution in [0.15, 0.2) is 54.6 Å². The summed E-state index contributed by atoms with van der Waals surface area (Å²) in [7, 11) is 0. The van der Waals surface area contributed by atoms with Crippen LogP contribution in [-0.2, 0) is 17.6 Å². The molecule has 0 fully saturated rings. The number of amides is 1. The van der Waals surface area contributed by atoms with Crippen molar-refractivity contribution in [3.63, 3.8) is 0 Å². The Kier molecular flexibility index (Phi) is 8.49. The molecule has 4 heteroatoms. The highest BCUT2D eigenvalue weighted by Gasteiger charge is 2.17. The summed E-state index contributed by atoms with van der Waals surface area (Å²) in [5.41, 5.74) is 7.98. The van der Waals surface area contributed by atoms with Crippen LogP contribution in [0.5, 0.6) is 0 Å². The van der Waals surface area contributed by atoms with E-state index in [0.717, 1.165) is 48.6 Å². The van der Waals surface area contributed by atoms with Gasteiger partial charge in [0.05, 0.1) is 18.2 Å². The first-order chi connectivity index (χ1) is 16.0. The summed E-state index contributed by atoms with van der Waals surface area (Å²) in [6.07, 6.45) is 3.73. The van der Waals surface area contributed by atoms with Crippen LogP contribution in [-0.4, -0.2) is 28.5 Å². The Morgan fingerprint density at radius 2 is 1.79 bits per heavy atom. The molecule has 0 N–H and O–H groups in total. The van der Waals surface area contributed by atoms with E-state index >= 15 is 0 Å². The minimum Gasteiger partial charge on any atom is -0.343 e. The first kappa shape index (κ1) is 24.3. The fourth-order valence-electron chi connectivity index (χ4n) is 4.35. The average molecular weight is 442 g/mol. The Labute approximate surface area is 198 Å². The van der Waals surface area contributed by atoms with Crippen LogP contribution < -0.4 is 0 Å². The second-order valence-corrected chi connectivity index (χ2v) is 8.69. The number of rotatable bonds is 10. The molecule has 2 aromatic carbocycles. The number of aryl methyl sites for hydroxylation is 3. The summed E-state index contributed by atoms with van der Waals surface area (Å²) in [5.74, 6) is 0.219. The average Bonchev–Trinajstić information content (AvgIpc) is 3.22. The monoisotopic (exact) mass is 441 g/mol. The third kappa shape index (κ3) is 5.93. The van der Waals surface area contributed by atoms with Crippen molar-refractivity contribution in [2.45, 2.75) is 59.8 Å². The smallest absolute Gasteiger partial charge is 0.222 e. The minimum absolute atomic E-state index is 0.219. The number of nitriles is 1. The molecule has 3 rings (SSSR count). The van der Waals surface area contributed by atoms with E-state index < -0.39 is 0 Å². The lowest BCUT2D eigenvalue weighted by Crippen LogP contribution is -2.32. The summed E-state index contributed by atoms with van der Waals surface area (Å²) in [5, 5.41) is 9.01. The lowest BCUT2D eigenvalue weighted by molar-refractivity contribution is -0.131. The zero-order valence-electron chi connectivity index (χ0n) is 20.4. The summed E-state index contributed by atoms with van der Waals surface area (Å²) < 4.78 is 2.27. The predicted molar refractivity (Wildman–Crippen MR) is 135 cm³/mol. The van der Waals surface area contributed by atoms with Gasteiger partial charge < -0.3 is 9.47 Å². The van der Waals surface area contributed by atoms with Gasteiger partial charge in [-0.15, -0.1) is 0 Å².